The van der Waals surface area contributed by atoms with Crippen LogP contribution in [0, 0.1) is 12.8 Å². The molecule has 0 aliphatic carbocycles. The van der Waals surface area contributed by atoms with Crippen LogP contribution in [0.2, 0.25) is 0 Å². The fraction of sp³-hybridized carbons (Fsp3) is 0.217. The van der Waals surface area contributed by atoms with Crippen molar-refractivity contribution in [3.05, 3.63) is 60.6 Å². The highest BCUT2D eigenvalue weighted by molar-refractivity contribution is 5.89. The lowest BCUT2D eigenvalue weighted by molar-refractivity contribution is 0.251. The van der Waals surface area contributed by atoms with Crippen molar-refractivity contribution in [3.8, 4) is 11.4 Å². The third-order valence-corrected chi connectivity index (χ3v) is 4.71. The van der Waals surface area contributed by atoms with Gasteiger partial charge in [-0.15, -0.1) is 0 Å². The molecule has 0 radical (unpaired) electrons. The SMILES string of the molecule is Cc1nc(N)cc(-c2c(Nc3ccc(NC(=O)NCC(C)C)cc3)nc3ccccn23)n1. The van der Waals surface area contributed by atoms with Crippen molar-refractivity contribution < 1.29 is 4.79 Å². The fourth-order valence-electron chi connectivity index (χ4n) is 3.29. The summed E-state index contributed by atoms with van der Waals surface area (Å²) in [5.41, 5.74) is 9.73. The lowest BCUT2D eigenvalue weighted by Crippen LogP contribution is -2.31. The Morgan fingerprint density at radius 2 is 1.81 bits per heavy atom. The number of hydrogen-bond donors (Lipinski definition) is 4. The lowest BCUT2D eigenvalue weighted by Gasteiger charge is -2.11. The molecule has 0 saturated carbocycles. The molecule has 0 aliphatic rings. The Hall–Kier alpha value is -4.14. The van der Waals surface area contributed by atoms with Gasteiger partial charge in [0, 0.05) is 30.2 Å². The summed E-state index contributed by atoms with van der Waals surface area (Å²) in [5, 5.41) is 9.02. The first-order chi connectivity index (χ1) is 15.4. The van der Waals surface area contributed by atoms with E-state index in [1.165, 1.54) is 0 Å². The van der Waals surface area contributed by atoms with Crippen molar-refractivity contribution in [1.29, 1.82) is 0 Å². The number of hydrogen-bond acceptors (Lipinski definition) is 6. The molecule has 0 atom stereocenters. The summed E-state index contributed by atoms with van der Waals surface area (Å²) in [4.78, 5) is 25.4. The molecule has 2 amide bonds. The zero-order valence-electron chi connectivity index (χ0n) is 18.3. The first-order valence-electron chi connectivity index (χ1n) is 10.4. The molecule has 4 aromatic rings. The van der Waals surface area contributed by atoms with Crippen molar-refractivity contribution in [1.82, 2.24) is 24.7 Å². The molecule has 4 rings (SSSR count). The molecule has 3 aromatic heterocycles. The molecule has 9 nitrogen and oxygen atoms in total. The van der Waals surface area contributed by atoms with Gasteiger partial charge in [0.15, 0.2) is 5.82 Å². The molecule has 3 heterocycles. The van der Waals surface area contributed by atoms with Crippen LogP contribution in [0.5, 0.6) is 0 Å². The highest BCUT2D eigenvalue weighted by Gasteiger charge is 2.17. The number of pyridine rings is 1. The van der Waals surface area contributed by atoms with Crippen LogP contribution in [-0.2, 0) is 0 Å². The van der Waals surface area contributed by atoms with Gasteiger partial charge in [0.2, 0.25) is 0 Å². The van der Waals surface area contributed by atoms with Gasteiger partial charge in [-0.3, -0.25) is 4.40 Å². The molecule has 32 heavy (non-hydrogen) atoms. The number of aromatic nitrogens is 4. The molecular formula is C23H26N8O. The Morgan fingerprint density at radius 3 is 2.53 bits per heavy atom. The van der Waals surface area contributed by atoms with Gasteiger partial charge in [0.25, 0.3) is 0 Å². The van der Waals surface area contributed by atoms with Gasteiger partial charge >= 0.3 is 6.03 Å². The van der Waals surface area contributed by atoms with E-state index in [1.807, 2.05) is 66.9 Å². The third kappa shape index (κ3) is 4.77. The maximum Gasteiger partial charge on any atom is 0.319 e. The quantitative estimate of drug-likeness (QED) is 0.364. The maximum atomic E-state index is 12.0. The second-order valence-electron chi connectivity index (χ2n) is 7.89. The number of anilines is 4. The Kier molecular flexibility index (Phi) is 5.89. The summed E-state index contributed by atoms with van der Waals surface area (Å²) in [6, 6.07) is 14.7. The zero-order valence-corrected chi connectivity index (χ0v) is 18.3. The summed E-state index contributed by atoms with van der Waals surface area (Å²) < 4.78 is 1.96. The minimum Gasteiger partial charge on any atom is -0.384 e. The van der Waals surface area contributed by atoms with Gasteiger partial charge in [0.1, 0.15) is 23.0 Å². The highest BCUT2D eigenvalue weighted by Crippen LogP contribution is 2.31. The number of benzene rings is 1. The van der Waals surface area contributed by atoms with Crippen LogP contribution in [0.15, 0.2) is 54.7 Å². The largest absolute Gasteiger partial charge is 0.384 e. The lowest BCUT2D eigenvalue weighted by atomic mass is 10.2. The van der Waals surface area contributed by atoms with E-state index < -0.39 is 0 Å². The number of nitrogens with one attached hydrogen (secondary N) is 3. The third-order valence-electron chi connectivity index (χ3n) is 4.71. The van der Waals surface area contributed by atoms with Crippen LogP contribution in [0.1, 0.15) is 19.7 Å². The summed E-state index contributed by atoms with van der Waals surface area (Å²) in [7, 11) is 0. The van der Waals surface area contributed by atoms with Crippen molar-refractivity contribution >= 4 is 34.7 Å². The number of urea groups is 1. The Morgan fingerprint density at radius 1 is 1.06 bits per heavy atom. The average molecular weight is 431 g/mol. The first kappa shape index (κ1) is 21.1. The molecule has 0 spiro atoms. The zero-order chi connectivity index (χ0) is 22.7. The molecule has 0 fully saturated rings. The highest BCUT2D eigenvalue weighted by atomic mass is 16.2. The number of carbonyl (C=O) groups is 1. The number of imidazole rings is 1. The topological polar surface area (TPSA) is 122 Å². The predicted molar refractivity (Wildman–Crippen MR) is 127 cm³/mol. The number of carbonyl (C=O) groups excluding carboxylic acids is 1. The number of rotatable bonds is 6. The normalized spacial score (nSPS) is 11.0. The van der Waals surface area contributed by atoms with Crippen LogP contribution >= 0.6 is 0 Å². The molecule has 164 valence electrons. The van der Waals surface area contributed by atoms with Gasteiger partial charge in [0.05, 0.1) is 5.69 Å². The molecule has 9 heteroatoms. The summed E-state index contributed by atoms with van der Waals surface area (Å²) in [6.07, 6.45) is 1.93. The molecule has 0 bridgehead atoms. The van der Waals surface area contributed by atoms with E-state index in [0.29, 0.717) is 41.3 Å². The van der Waals surface area contributed by atoms with E-state index in [1.54, 1.807) is 13.0 Å². The summed E-state index contributed by atoms with van der Waals surface area (Å²) in [5.74, 6) is 2.02. The first-order valence-corrected chi connectivity index (χ1v) is 10.4. The predicted octanol–water partition coefficient (Wildman–Crippen LogP) is 4.20. The molecule has 0 aliphatic heterocycles. The number of nitrogen functional groups attached to an aromatic ring is 1. The number of amides is 2. The van der Waals surface area contributed by atoms with Gasteiger partial charge in [-0.1, -0.05) is 19.9 Å². The second kappa shape index (κ2) is 8.93. The van der Waals surface area contributed by atoms with Gasteiger partial charge < -0.3 is 21.7 Å². The van der Waals surface area contributed by atoms with Crippen molar-refractivity contribution in [2.24, 2.45) is 5.92 Å². The van der Waals surface area contributed by atoms with Crippen LogP contribution in [0.3, 0.4) is 0 Å². The smallest absolute Gasteiger partial charge is 0.319 e. The van der Waals surface area contributed by atoms with Crippen LogP contribution in [0.4, 0.5) is 27.8 Å². The monoisotopic (exact) mass is 430 g/mol. The second-order valence-corrected chi connectivity index (χ2v) is 7.89. The Balaban J connectivity index is 1.60. The molecule has 5 N–H and O–H groups in total. The summed E-state index contributed by atoms with van der Waals surface area (Å²) in [6.45, 7) is 6.52. The molecule has 1 aromatic carbocycles. The van der Waals surface area contributed by atoms with Crippen molar-refractivity contribution in [2.45, 2.75) is 20.8 Å². The van der Waals surface area contributed by atoms with E-state index in [4.69, 9.17) is 10.7 Å². The Labute approximate surface area is 186 Å². The number of nitrogens with two attached hydrogens (primary N) is 1. The molecular weight excluding hydrogens is 404 g/mol. The van der Waals surface area contributed by atoms with E-state index in [2.05, 4.69) is 25.9 Å². The number of nitrogens with zero attached hydrogens (tertiary/aromatic N) is 4. The molecule has 0 saturated heterocycles. The fourth-order valence-corrected chi connectivity index (χ4v) is 3.29. The van der Waals surface area contributed by atoms with Crippen LogP contribution in [0.25, 0.3) is 17.0 Å². The van der Waals surface area contributed by atoms with Crippen LogP contribution < -0.4 is 21.7 Å². The van der Waals surface area contributed by atoms with E-state index in [-0.39, 0.29) is 6.03 Å². The van der Waals surface area contributed by atoms with Crippen molar-refractivity contribution in [3.63, 3.8) is 0 Å². The summed E-state index contributed by atoms with van der Waals surface area (Å²) >= 11 is 0. The Bertz CT molecular complexity index is 1230. The molecule has 0 unspecified atom stereocenters. The van der Waals surface area contributed by atoms with Gasteiger partial charge in [-0.05, 0) is 49.2 Å². The minimum absolute atomic E-state index is 0.223. The number of aryl methyl sites for hydroxylation is 1. The van der Waals surface area contributed by atoms with Crippen LogP contribution in [-0.4, -0.2) is 31.9 Å². The van der Waals surface area contributed by atoms with E-state index in [0.717, 1.165) is 17.0 Å². The maximum absolute atomic E-state index is 12.0. The number of fused-ring (bicyclic) bond motifs is 1. The van der Waals surface area contributed by atoms with Gasteiger partial charge in [-0.25, -0.2) is 19.7 Å². The van der Waals surface area contributed by atoms with Crippen molar-refractivity contribution in [2.75, 3.05) is 22.9 Å². The standard InChI is InChI=1S/C23H26N8O/c1-14(2)13-25-23(32)29-17-9-7-16(8-10-17)28-22-21(18-12-19(24)27-15(3)26-18)31-11-5-4-6-20(31)30-22/h4-12,14,28H,13H2,1-3H3,(H2,24,26,27)(H2,25,29,32). The minimum atomic E-state index is -0.223. The van der Waals surface area contributed by atoms with E-state index in [9.17, 15) is 4.79 Å². The van der Waals surface area contributed by atoms with Gasteiger partial charge in [-0.2, -0.15) is 0 Å². The van der Waals surface area contributed by atoms with E-state index >= 15 is 0 Å². The average Bonchev–Trinajstić information content (AvgIpc) is 3.11.